The van der Waals surface area contributed by atoms with Crippen molar-refractivity contribution >= 4 is 55.6 Å². The summed E-state index contributed by atoms with van der Waals surface area (Å²) in [5.74, 6) is 0.888. The SMILES string of the molecule is COc1ccc2nc(N=C3NC(=O)/C(=C/c4cc(OC)c(O)c(OC)c4)S3)sc2c1. The molecule has 154 valence electrons. The molecule has 3 aromatic rings. The Bertz CT molecular complexity index is 1180. The van der Waals surface area contributed by atoms with E-state index in [4.69, 9.17) is 14.2 Å². The fourth-order valence-electron chi connectivity index (χ4n) is 2.78. The zero-order valence-corrected chi connectivity index (χ0v) is 17.9. The lowest BCUT2D eigenvalue weighted by Gasteiger charge is -2.09. The van der Waals surface area contributed by atoms with Crippen LogP contribution in [0.4, 0.5) is 5.13 Å². The summed E-state index contributed by atoms with van der Waals surface area (Å²) in [4.78, 5) is 21.8. The second kappa shape index (κ2) is 8.25. The standard InChI is InChI=1S/C20H17N3O5S2/c1-26-11-4-5-12-15(9-11)29-19(21-12)23-20-22-18(25)16(30-20)8-10-6-13(27-2)17(24)14(7-10)28-3/h4-9,24H,1-3H3,(H,21,22,23,25)/b16-8-. The van der Waals surface area contributed by atoms with Gasteiger partial charge >= 0.3 is 0 Å². The van der Waals surface area contributed by atoms with E-state index in [1.54, 1.807) is 25.3 Å². The Morgan fingerprint density at radius 1 is 1.10 bits per heavy atom. The van der Waals surface area contributed by atoms with Gasteiger partial charge in [-0.05, 0) is 53.7 Å². The van der Waals surface area contributed by atoms with E-state index in [1.807, 2.05) is 18.2 Å². The summed E-state index contributed by atoms with van der Waals surface area (Å²) in [6, 6.07) is 8.84. The summed E-state index contributed by atoms with van der Waals surface area (Å²) < 4.78 is 16.5. The first kappa shape index (κ1) is 20.0. The fraction of sp³-hybridized carbons (Fsp3) is 0.150. The first-order valence-electron chi connectivity index (χ1n) is 8.70. The predicted molar refractivity (Wildman–Crippen MR) is 118 cm³/mol. The quantitative estimate of drug-likeness (QED) is 0.576. The number of carbonyl (C=O) groups is 1. The van der Waals surface area contributed by atoms with Crippen LogP contribution in [0.3, 0.4) is 0 Å². The van der Waals surface area contributed by atoms with E-state index >= 15 is 0 Å². The van der Waals surface area contributed by atoms with Gasteiger partial charge in [0.2, 0.25) is 10.9 Å². The van der Waals surface area contributed by atoms with Crippen LogP contribution in [0, 0.1) is 0 Å². The lowest BCUT2D eigenvalue weighted by Crippen LogP contribution is -2.19. The molecule has 1 aromatic heterocycles. The maximum atomic E-state index is 12.4. The minimum absolute atomic E-state index is 0.0969. The van der Waals surface area contributed by atoms with Crippen LogP contribution >= 0.6 is 23.1 Å². The predicted octanol–water partition coefficient (Wildman–Crippen LogP) is 3.92. The number of thiazole rings is 1. The van der Waals surface area contributed by atoms with Gasteiger partial charge in [-0.2, -0.15) is 4.99 Å². The van der Waals surface area contributed by atoms with Gasteiger partial charge in [-0.25, -0.2) is 4.98 Å². The lowest BCUT2D eigenvalue weighted by molar-refractivity contribution is -0.115. The van der Waals surface area contributed by atoms with Crippen molar-refractivity contribution < 1.29 is 24.1 Å². The molecular weight excluding hydrogens is 426 g/mol. The van der Waals surface area contributed by atoms with Gasteiger partial charge in [0.15, 0.2) is 16.7 Å². The van der Waals surface area contributed by atoms with E-state index in [0.717, 1.165) is 16.0 Å². The maximum Gasteiger partial charge on any atom is 0.264 e. The zero-order valence-electron chi connectivity index (χ0n) is 16.3. The van der Waals surface area contributed by atoms with Crippen molar-refractivity contribution in [3.63, 3.8) is 0 Å². The summed E-state index contributed by atoms with van der Waals surface area (Å²) in [5, 5.41) is 13.8. The highest BCUT2D eigenvalue weighted by atomic mass is 32.2. The van der Waals surface area contributed by atoms with Gasteiger partial charge in [-0.3, -0.25) is 4.79 Å². The van der Waals surface area contributed by atoms with Crippen molar-refractivity contribution in [1.29, 1.82) is 0 Å². The van der Waals surface area contributed by atoms with Crippen LogP contribution in [0.2, 0.25) is 0 Å². The number of ether oxygens (including phenoxy) is 3. The van der Waals surface area contributed by atoms with Crippen LogP contribution in [0.15, 0.2) is 40.2 Å². The average Bonchev–Trinajstić information content (AvgIpc) is 3.30. The van der Waals surface area contributed by atoms with Crippen LogP contribution < -0.4 is 19.5 Å². The molecule has 1 aliphatic rings. The molecule has 0 aliphatic carbocycles. The topological polar surface area (TPSA) is 102 Å². The van der Waals surface area contributed by atoms with Gasteiger partial charge in [0.1, 0.15) is 5.75 Å². The first-order valence-corrected chi connectivity index (χ1v) is 10.3. The molecule has 4 rings (SSSR count). The maximum absolute atomic E-state index is 12.4. The molecule has 0 spiro atoms. The van der Waals surface area contributed by atoms with Gasteiger partial charge in [-0.1, -0.05) is 11.3 Å². The van der Waals surface area contributed by atoms with Gasteiger partial charge in [0, 0.05) is 0 Å². The second-order valence-corrected chi connectivity index (χ2v) is 8.13. The molecule has 10 heteroatoms. The highest BCUT2D eigenvalue weighted by Gasteiger charge is 2.25. The number of carbonyl (C=O) groups excluding carboxylic acids is 1. The molecule has 8 nitrogen and oxygen atoms in total. The number of methoxy groups -OCH3 is 3. The normalized spacial score (nSPS) is 16.3. The first-order chi connectivity index (χ1) is 14.5. The number of aromatic hydroxyl groups is 1. The molecule has 0 atom stereocenters. The average molecular weight is 444 g/mol. The summed E-state index contributed by atoms with van der Waals surface area (Å²) >= 11 is 2.61. The van der Waals surface area contributed by atoms with Crippen molar-refractivity contribution in [2.24, 2.45) is 4.99 Å². The van der Waals surface area contributed by atoms with Crippen molar-refractivity contribution in [1.82, 2.24) is 10.3 Å². The number of phenols is 1. The van der Waals surface area contributed by atoms with Gasteiger partial charge < -0.3 is 24.6 Å². The monoisotopic (exact) mass is 443 g/mol. The number of fused-ring (bicyclic) bond motifs is 1. The lowest BCUT2D eigenvalue weighted by atomic mass is 10.1. The minimum Gasteiger partial charge on any atom is -0.502 e. The van der Waals surface area contributed by atoms with Crippen molar-refractivity contribution in [3.8, 4) is 23.0 Å². The van der Waals surface area contributed by atoms with Crippen molar-refractivity contribution in [2.45, 2.75) is 0 Å². The van der Waals surface area contributed by atoms with Crippen LogP contribution in [0.25, 0.3) is 16.3 Å². The third-order valence-electron chi connectivity index (χ3n) is 4.23. The highest BCUT2D eigenvalue weighted by Crippen LogP contribution is 2.39. The van der Waals surface area contributed by atoms with Crippen LogP contribution in [-0.2, 0) is 4.79 Å². The molecule has 2 heterocycles. The Morgan fingerprint density at radius 2 is 1.83 bits per heavy atom. The molecule has 30 heavy (non-hydrogen) atoms. The smallest absolute Gasteiger partial charge is 0.264 e. The van der Waals surface area contributed by atoms with E-state index in [9.17, 15) is 9.90 Å². The van der Waals surface area contributed by atoms with Crippen molar-refractivity contribution in [3.05, 3.63) is 40.8 Å². The summed E-state index contributed by atoms with van der Waals surface area (Å²) in [6.07, 6.45) is 1.68. The third kappa shape index (κ3) is 3.91. The largest absolute Gasteiger partial charge is 0.502 e. The molecule has 2 aromatic carbocycles. The molecule has 1 amide bonds. The van der Waals surface area contributed by atoms with Crippen molar-refractivity contribution in [2.75, 3.05) is 21.3 Å². The minimum atomic E-state index is -0.271. The van der Waals surface area contributed by atoms with Crippen LogP contribution in [0.1, 0.15) is 5.56 Å². The molecular formula is C20H17N3O5S2. The number of hydrogen-bond donors (Lipinski definition) is 2. The Labute approximate surface area is 180 Å². The molecule has 0 unspecified atom stereocenters. The fourth-order valence-corrected chi connectivity index (χ4v) is 4.54. The number of rotatable bonds is 5. The highest BCUT2D eigenvalue weighted by molar-refractivity contribution is 8.18. The number of hydrogen-bond acceptors (Lipinski definition) is 9. The van der Waals surface area contributed by atoms with Crippen LogP contribution in [0.5, 0.6) is 23.0 Å². The van der Waals surface area contributed by atoms with E-state index in [2.05, 4.69) is 15.3 Å². The number of amides is 1. The molecule has 1 aliphatic heterocycles. The Balaban J connectivity index is 1.61. The Kier molecular flexibility index (Phi) is 5.51. The molecule has 1 fully saturated rings. The molecule has 1 saturated heterocycles. The van der Waals surface area contributed by atoms with E-state index in [0.29, 0.717) is 20.8 Å². The molecule has 2 N–H and O–H groups in total. The van der Waals surface area contributed by atoms with E-state index in [1.165, 1.54) is 37.3 Å². The zero-order chi connectivity index (χ0) is 21.3. The summed E-state index contributed by atoms with van der Waals surface area (Å²) in [7, 11) is 4.50. The van der Waals surface area contributed by atoms with Gasteiger partial charge in [0.05, 0.1) is 36.5 Å². The Morgan fingerprint density at radius 3 is 2.50 bits per heavy atom. The third-order valence-corrected chi connectivity index (χ3v) is 6.05. The molecule has 0 radical (unpaired) electrons. The molecule has 0 bridgehead atoms. The summed E-state index contributed by atoms with van der Waals surface area (Å²) in [5.41, 5.74) is 1.46. The van der Waals surface area contributed by atoms with E-state index in [-0.39, 0.29) is 23.2 Å². The number of phenolic OH excluding ortho intramolecular Hbond substituents is 1. The number of nitrogens with one attached hydrogen (secondary N) is 1. The number of thioether (sulfide) groups is 1. The molecule has 0 saturated carbocycles. The second-order valence-electron chi connectivity index (χ2n) is 6.09. The number of aromatic nitrogens is 1. The number of amidine groups is 1. The van der Waals surface area contributed by atoms with Gasteiger partial charge in [0.25, 0.3) is 5.91 Å². The van der Waals surface area contributed by atoms with Crippen LogP contribution in [-0.4, -0.2) is 42.5 Å². The number of nitrogens with zero attached hydrogens (tertiary/aromatic N) is 2. The van der Waals surface area contributed by atoms with E-state index < -0.39 is 0 Å². The number of benzene rings is 2. The Hall–Kier alpha value is -3.24. The number of aliphatic imine (C=N–C) groups is 1. The summed E-state index contributed by atoms with van der Waals surface area (Å²) in [6.45, 7) is 0. The van der Waals surface area contributed by atoms with Gasteiger partial charge in [-0.15, -0.1) is 0 Å².